The lowest BCUT2D eigenvalue weighted by Gasteiger charge is -2.31. The van der Waals surface area contributed by atoms with Gasteiger partial charge >= 0.3 is 0 Å². The maximum atomic E-state index is 13.2. The van der Waals surface area contributed by atoms with E-state index in [2.05, 4.69) is 27.9 Å². The van der Waals surface area contributed by atoms with Crippen LogP contribution in [0.25, 0.3) is 0 Å². The molecule has 2 amide bonds. The lowest BCUT2D eigenvalue weighted by molar-refractivity contribution is -0.143. The van der Waals surface area contributed by atoms with E-state index in [0.29, 0.717) is 18.7 Å². The van der Waals surface area contributed by atoms with E-state index in [9.17, 15) is 9.59 Å². The van der Waals surface area contributed by atoms with Crippen LogP contribution in [0.3, 0.4) is 0 Å². The molecule has 1 N–H and O–H groups in total. The van der Waals surface area contributed by atoms with E-state index in [1.54, 1.807) is 4.90 Å². The molecule has 162 valence electrons. The fraction of sp³-hybridized carbons (Fsp3) is 0.417. The maximum absolute atomic E-state index is 13.2. The summed E-state index contributed by atoms with van der Waals surface area (Å²) in [5.41, 5.74) is 2.11. The smallest absolute Gasteiger partial charge is 0.261 e. The summed E-state index contributed by atoms with van der Waals surface area (Å²) in [6, 6.07) is 15.1. The van der Waals surface area contributed by atoms with Gasteiger partial charge in [0.1, 0.15) is 11.8 Å². The van der Waals surface area contributed by atoms with Gasteiger partial charge in [-0.2, -0.15) is 0 Å². The molecule has 0 saturated carbocycles. The molecule has 0 fully saturated rings. The Kier molecular flexibility index (Phi) is 9.62. The fourth-order valence-corrected chi connectivity index (χ4v) is 3.49. The van der Waals surface area contributed by atoms with E-state index in [-0.39, 0.29) is 24.5 Å². The van der Waals surface area contributed by atoms with Gasteiger partial charge in [0.05, 0.1) is 0 Å². The van der Waals surface area contributed by atoms with Crippen LogP contribution < -0.4 is 10.1 Å². The first-order valence-electron chi connectivity index (χ1n) is 10.4. The van der Waals surface area contributed by atoms with Crippen molar-refractivity contribution in [2.45, 2.75) is 59.2 Å². The number of nitrogens with zero attached hydrogens (tertiary/aromatic N) is 1. The zero-order valence-corrected chi connectivity index (χ0v) is 20.3. The van der Waals surface area contributed by atoms with Gasteiger partial charge in [-0.25, -0.2) is 0 Å². The number of rotatable bonds is 10. The van der Waals surface area contributed by atoms with Gasteiger partial charge in [0.2, 0.25) is 5.91 Å². The van der Waals surface area contributed by atoms with Crippen LogP contribution in [0.1, 0.15) is 44.7 Å². The topological polar surface area (TPSA) is 58.6 Å². The molecular weight excluding hydrogens is 491 g/mol. The van der Waals surface area contributed by atoms with Crippen molar-refractivity contribution >= 4 is 34.4 Å². The van der Waals surface area contributed by atoms with E-state index in [1.165, 1.54) is 0 Å². The van der Waals surface area contributed by atoms with Gasteiger partial charge in [0, 0.05) is 16.2 Å². The summed E-state index contributed by atoms with van der Waals surface area (Å²) in [5, 5.41) is 3.02. The average Bonchev–Trinajstić information content (AvgIpc) is 2.72. The molecule has 0 heterocycles. The zero-order valence-electron chi connectivity index (χ0n) is 18.2. The van der Waals surface area contributed by atoms with Crippen LogP contribution in [0.4, 0.5) is 0 Å². The summed E-state index contributed by atoms with van der Waals surface area (Å²) in [5.74, 6) is 0.305. The number of ether oxygens (including phenoxy) is 1. The Bertz CT molecular complexity index is 839. The third kappa shape index (κ3) is 7.31. The molecule has 0 aliphatic heterocycles. The number of hydrogen-bond acceptors (Lipinski definition) is 3. The van der Waals surface area contributed by atoms with Crippen molar-refractivity contribution in [3.63, 3.8) is 0 Å². The van der Waals surface area contributed by atoms with Crippen LogP contribution in [0.5, 0.6) is 5.75 Å². The van der Waals surface area contributed by atoms with Gasteiger partial charge in [-0.1, -0.05) is 43.7 Å². The standard InChI is InChI=1S/C24H31IN2O3/c1-5-18(4)26-24(29)22(6-2)27(15-19-9-7-8-17(3)14-19)23(28)16-30-21-12-10-20(25)11-13-21/h7-14,18,22H,5-6,15-16H2,1-4H3,(H,26,29)/t18-,22-/m0/s1. The minimum absolute atomic E-state index is 0.0607. The number of carbonyl (C=O) groups is 2. The third-order valence-corrected chi connectivity index (χ3v) is 5.72. The largest absolute Gasteiger partial charge is 0.484 e. The first-order valence-corrected chi connectivity index (χ1v) is 11.5. The van der Waals surface area contributed by atoms with Gasteiger partial charge in [0.15, 0.2) is 6.61 Å². The molecule has 0 bridgehead atoms. The highest BCUT2D eigenvalue weighted by Gasteiger charge is 2.29. The number of carbonyl (C=O) groups excluding carboxylic acids is 2. The Labute approximate surface area is 193 Å². The molecule has 0 aromatic heterocycles. The van der Waals surface area contributed by atoms with Gasteiger partial charge < -0.3 is 15.0 Å². The van der Waals surface area contributed by atoms with E-state index < -0.39 is 6.04 Å². The Morgan fingerprint density at radius 1 is 1.10 bits per heavy atom. The molecular formula is C24H31IN2O3. The predicted octanol–water partition coefficient (Wildman–Crippen LogP) is 4.70. The lowest BCUT2D eigenvalue weighted by atomic mass is 10.1. The first kappa shape index (κ1) is 24.2. The van der Waals surface area contributed by atoms with Crippen LogP contribution in [0, 0.1) is 10.5 Å². The van der Waals surface area contributed by atoms with E-state index in [4.69, 9.17) is 4.74 Å². The summed E-state index contributed by atoms with van der Waals surface area (Å²) in [4.78, 5) is 27.7. The Balaban J connectivity index is 2.20. The number of aryl methyl sites for hydroxylation is 1. The van der Waals surface area contributed by atoms with Crippen molar-refractivity contribution in [1.29, 1.82) is 0 Å². The third-order valence-electron chi connectivity index (χ3n) is 5.00. The quantitative estimate of drug-likeness (QED) is 0.461. The maximum Gasteiger partial charge on any atom is 0.261 e. The molecule has 0 unspecified atom stereocenters. The highest BCUT2D eigenvalue weighted by molar-refractivity contribution is 14.1. The van der Waals surface area contributed by atoms with Crippen molar-refractivity contribution in [2.75, 3.05) is 6.61 Å². The van der Waals surface area contributed by atoms with Crippen molar-refractivity contribution < 1.29 is 14.3 Å². The molecule has 2 aromatic carbocycles. The Hall–Kier alpha value is -2.09. The summed E-state index contributed by atoms with van der Waals surface area (Å²) < 4.78 is 6.81. The number of amides is 2. The highest BCUT2D eigenvalue weighted by Crippen LogP contribution is 2.16. The van der Waals surface area contributed by atoms with Crippen molar-refractivity contribution in [3.05, 3.63) is 63.2 Å². The summed E-state index contributed by atoms with van der Waals surface area (Å²) in [7, 11) is 0. The van der Waals surface area contributed by atoms with E-state index in [1.807, 2.05) is 76.2 Å². The monoisotopic (exact) mass is 522 g/mol. The summed E-state index contributed by atoms with van der Waals surface area (Å²) in [6.45, 7) is 8.19. The van der Waals surface area contributed by atoms with Crippen LogP contribution in [-0.2, 0) is 16.1 Å². The summed E-state index contributed by atoms with van der Waals surface area (Å²) >= 11 is 2.22. The number of halogens is 1. The van der Waals surface area contributed by atoms with E-state index in [0.717, 1.165) is 21.1 Å². The van der Waals surface area contributed by atoms with E-state index >= 15 is 0 Å². The fourth-order valence-electron chi connectivity index (χ4n) is 3.13. The van der Waals surface area contributed by atoms with Gasteiger partial charge in [-0.3, -0.25) is 9.59 Å². The molecule has 0 aliphatic rings. The first-order chi connectivity index (χ1) is 14.3. The number of hydrogen-bond donors (Lipinski definition) is 1. The van der Waals surface area contributed by atoms with Gasteiger partial charge in [-0.05, 0) is 79.1 Å². The van der Waals surface area contributed by atoms with Crippen LogP contribution in [-0.4, -0.2) is 35.4 Å². The second kappa shape index (κ2) is 11.9. The molecule has 6 heteroatoms. The second-order valence-corrected chi connectivity index (χ2v) is 8.74. The van der Waals surface area contributed by atoms with Crippen molar-refractivity contribution in [1.82, 2.24) is 10.2 Å². The van der Waals surface area contributed by atoms with Gasteiger partial charge in [0.25, 0.3) is 5.91 Å². The average molecular weight is 522 g/mol. The molecule has 0 radical (unpaired) electrons. The molecule has 5 nitrogen and oxygen atoms in total. The number of nitrogens with one attached hydrogen (secondary N) is 1. The lowest BCUT2D eigenvalue weighted by Crippen LogP contribution is -2.51. The molecule has 2 aromatic rings. The molecule has 0 spiro atoms. The normalized spacial score (nSPS) is 12.7. The van der Waals surface area contributed by atoms with Crippen LogP contribution in [0.15, 0.2) is 48.5 Å². The molecule has 0 saturated heterocycles. The van der Waals surface area contributed by atoms with Crippen molar-refractivity contribution in [3.8, 4) is 5.75 Å². The SMILES string of the molecule is CC[C@H](C)NC(=O)[C@H](CC)N(Cc1cccc(C)c1)C(=O)COc1ccc(I)cc1. The van der Waals surface area contributed by atoms with Crippen LogP contribution >= 0.6 is 22.6 Å². The van der Waals surface area contributed by atoms with Gasteiger partial charge in [-0.15, -0.1) is 0 Å². The predicted molar refractivity (Wildman–Crippen MR) is 128 cm³/mol. The molecule has 2 rings (SSSR count). The minimum atomic E-state index is -0.549. The Morgan fingerprint density at radius 3 is 2.40 bits per heavy atom. The summed E-state index contributed by atoms with van der Waals surface area (Å²) in [6.07, 6.45) is 1.37. The second-order valence-electron chi connectivity index (χ2n) is 7.50. The minimum Gasteiger partial charge on any atom is -0.484 e. The molecule has 30 heavy (non-hydrogen) atoms. The molecule has 0 aliphatic carbocycles. The van der Waals surface area contributed by atoms with Crippen molar-refractivity contribution in [2.24, 2.45) is 0 Å². The van der Waals surface area contributed by atoms with Crippen LogP contribution in [0.2, 0.25) is 0 Å². The highest BCUT2D eigenvalue weighted by atomic mass is 127. The number of benzene rings is 2. The molecule has 2 atom stereocenters. The zero-order chi connectivity index (χ0) is 22.1. The Morgan fingerprint density at radius 2 is 1.80 bits per heavy atom.